The molecule has 0 amide bonds. The van der Waals surface area contributed by atoms with Crippen LogP contribution >= 0.6 is 0 Å². The lowest BCUT2D eigenvalue weighted by molar-refractivity contribution is 0.0493. The summed E-state index contributed by atoms with van der Waals surface area (Å²) >= 11 is 0. The van der Waals surface area contributed by atoms with Gasteiger partial charge in [-0.2, -0.15) is 0 Å². The van der Waals surface area contributed by atoms with E-state index in [2.05, 4.69) is 53.4 Å². The first-order valence-electron chi connectivity index (χ1n) is 9.79. The Morgan fingerprint density at radius 1 is 0.750 bits per heavy atom. The monoisotopic (exact) mass is 317 g/mol. The van der Waals surface area contributed by atoms with Crippen molar-refractivity contribution in [3.63, 3.8) is 0 Å². The minimum Gasteiger partial charge on any atom is -0.293 e. The molecule has 2 aliphatic heterocycles. The molecular weight excluding hydrogens is 290 g/mol. The van der Waals surface area contributed by atoms with Gasteiger partial charge in [0.1, 0.15) is 0 Å². The van der Waals surface area contributed by atoms with E-state index in [0.29, 0.717) is 6.04 Å². The molecule has 24 heavy (non-hydrogen) atoms. The standard InChI is InChI=1S/C23H27N/c1-2-8-20-15-21-13-12-17(14-19(20)7-1)16-24(21)23-11-5-9-18-6-3-4-10-22(18)23/h1-4,6-8,10,17,21,23H,5,9,11-16H2/t17-,21+,23?/m0/s1. The summed E-state index contributed by atoms with van der Waals surface area (Å²) in [5.74, 6) is 0.844. The van der Waals surface area contributed by atoms with Crippen LogP contribution in [0.5, 0.6) is 0 Å². The van der Waals surface area contributed by atoms with Gasteiger partial charge in [-0.3, -0.25) is 4.90 Å². The number of benzene rings is 2. The molecular formula is C23H27N. The van der Waals surface area contributed by atoms with Gasteiger partial charge < -0.3 is 0 Å². The Morgan fingerprint density at radius 3 is 2.38 bits per heavy atom. The molecule has 6 rings (SSSR count). The van der Waals surface area contributed by atoms with Crippen LogP contribution in [0.15, 0.2) is 48.5 Å². The Kier molecular flexibility index (Phi) is 3.70. The number of rotatable bonds is 1. The van der Waals surface area contributed by atoms with Crippen LogP contribution in [0, 0.1) is 5.92 Å². The Balaban J connectivity index is 1.50. The summed E-state index contributed by atoms with van der Waals surface area (Å²) in [6.45, 7) is 1.30. The van der Waals surface area contributed by atoms with Crippen molar-refractivity contribution in [2.45, 2.75) is 57.0 Å². The van der Waals surface area contributed by atoms with E-state index in [1.54, 1.807) is 22.3 Å². The topological polar surface area (TPSA) is 3.24 Å². The van der Waals surface area contributed by atoms with Gasteiger partial charge in [-0.15, -0.1) is 0 Å². The Morgan fingerprint density at radius 2 is 1.50 bits per heavy atom. The number of aryl methyl sites for hydroxylation is 1. The molecule has 1 unspecified atom stereocenters. The van der Waals surface area contributed by atoms with Gasteiger partial charge in [-0.1, -0.05) is 48.5 Å². The van der Waals surface area contributed by atoms with Crippen LogP contribution in [0.1, 0.15) is 54.0 Å². The Labute approximate surface area is 145 Å². The summed E-state index contributed by atoms with van der Waals surface area (Å²) in [6, 6.07) is 19.8. The van der Waals surface area contributed by atoms with E-state index < -0.39 is 0 Å². The lowest BCUT2D eigenvalue weighted by atomic mass is 9.77. The third-order valence-electron chi connectivity index (χ3n) is 6.67. The first-order valence-corrected chi connectivity index (χ1v) is 9.79. The molecule has 2 bridgehead atoms. The molecule has 0 aromatic heterocycles. The third-order valence-corrected chi connectivity index (χ3v) is 6.67. The van der Waals surface area contributed by atoms with E-state index in [-0.39, 0.29) is 0 Å². The number of fused-ring (bicyclic) bond motifs is 3. The molecule has 2 aliphatic carbocycles. The first-order chi connectivity index (χ1) is 11.9. The Hall–Kier alpha value is -1.60. The van der Waals surface area contributed by atoms with E-state index in [1.165, 1.54) is 51.5 Å². The second kappa shape index (κ2) is 6.04. The summed E-state index contributed by atoms with van der Waals surface area (Å²) in [7, 11) is 0. The largest absolute Gasteiger partial charge is 0.293 e. The molecule has 0 spiro atoms. The summed E-state index contributed by atoms with van der Waals surface area (Å²) in [5.41, 5.74) is 6.47. The summed E-state index contributed by atoms with van der Waals surface area (Å²) in [6.07, 6.45) is 9.32. The van der Waals surface area contributed by atoms with Crippen molar-refractivity contribution < 1.29 is 0 Å². The van der Waals surface area contributed by atoms with Crippen molar-refractivity contribution in [2.24, 2.45) is 5.92 Å². The van der Waals surface area contributed by atoms with E-state index in [9.17, 15) is 0 Å². The summed E-state index contributed by atoms with van der Waals surface area (Å²) in [4.78, 5) is 2.90. The molecule has 4 aliphatic rings. The van der Waals surface area contributed by atoms with Gasteiger partial charge in [0.25, 0.3) is 0 Å². The highest BCUT2D eigenvalue weighted by atomic mass is 15.2. The number of nitrogens with zero attached hydrogens (tertiary/aromatic N) is 1. The normalized spacial score (nSPS) is 29.4. The highest BCUT2D eigenvalue weighted by molar-refractivity contribution is 5.34. The SMILES string of the molecule is c1ccc2c(c1)C[C@@H]1CC[C@H](C2)N(C2CCCc3ccccc32)C1. The quantitative estimate of drug-likeness (QED) is 0.720. The lowest BCUT2D eigenvalue weighted by Crippen LogP contribution is -2.48. The molecule has 2 aromatic rings. The van der Waals surface area contributed by atoms with Crippen LogP contribution in [0.4, 0.5) is 0 Å². The van der Waals surface area contributed by atoms with E-state index >= 15 is 0 Å². The van der Waals surface area contributed by atoms with Gasteiger partial charge in [-0.05, 0) is 73.1 Å². The Bertz CT molecular complexity index is 734. The van der Waals surface area contributed by atoms with Crippen LogP contribution in [-0.2, 0) is 19.3 Å². The van der Waals surface area contributed by atoms with E-state index in [0.717, 1.165) is 12.0 Å². The van der Waals surface area contributed by atoms with Gasteiger partial charge in [0.05, 0.1) is 0 Å². The lowest BCUT2D eigenvalue weighted by Gasteiger charge is -2.48. The van der Waals surface area contributed by atoms with Crippen LogP contribution in [-0.4, -0.2) is 17.5 Å². The van der Waals surface area contributed by atoms with Crippen molar-refractivity contribution in [1.82, 2.24) is 4.90 Å². The molecule has 2 aromatic carbocycles. The maximum absolute atomic E-state index is 2.90. The fraction of sp³-hybridized carbons (Fsp3) is 0.478. The average Bonchev–Trinajstić information content (AvgIpc) is 2.61. The van der Waals surface area contributed by atoms with Crippen LogP contribution in [0.3, 0.4) is 0 Å². The fourth-order valence-electron chi connectivity index (χ4n) is 5.49. The highest BCUT2D eigenvalue weighted by Crippen LogP contribution is 2.41. The van der Waals surface area contributed by atoms with Crippen LogP contribution < -0.4 is 0 Å². The van der Waals surface area contributed by atoms with Gasteiger partial charge in [0.15, 0.2) is 0 Å². The molecule has 124 valence electrons. The van der Waals surface area contributed by atoms with Crippen molar-refractivity contribution in [2.75, 3.05) is 6.54 Å². The second-order valence-electron chi connectivity index (χ2n) is 8.08. The molecule has 3 atom stereocenters. The zero-order chi connectivity index (χ0) is 15.9. The molecule has 0 radical (unpaired) electrons. The van der Waals surface area contributed by atoms with Crippen LogP contribution in [0.25, 0.3) is 0 Å². The maximum Gasteiger partial charge on any atom is 0.0354 e. The average molecular weight is 317 g/mol. The zero-order valence-electron chi connectivity index (χ0n) is 14.5. The first kappa shape index (κ1) is 14.7. The number of hydrogen-bond acceptors (Lipinski definition) is 1. The van der Waals surface area contributed by atoms with Gasteiger partial charge in [0.2, 0.25) is 0 Å². The predicted octanol–water partition coefficient (Wildman–Crippen LogP) is 4.94. The molecule has 2 heterocycles. The predicted molar refractivity (Wildman–Crippen MR) is 99.2 cm³/mol. The highest BCUT2D eigenvalue weighted by Gasteiger charge is 2.37. The summed E-state index contributed by atoms with van der Waals surface area (Å²) < 4.78 is 0. The smallest absolute Gasteiger partial charge is 0.0354 e. The molecule has 0 N–H and O–H groups in total. The van der Waals surface area contributed by atoms with E-state index in [4.69, 9.17) is 0 Å². The second-order valence-corrected chi connectivity index (χ2v) is 8.08. The molecule has 1 saturated heterocycles. The van der Waals surface area contributed by atoms with E-state index in [1.807, 2.05) is 0 Å². The number of hydrogen-bond donors (Lipinski definition) is 0. The zero-order valence-corrected chi connectivity index (χ0v) is 14.5. The van der Waals surface area contributed by atoms with Crippen molar-refractivity contribution in [3.8, 4) is 0 Å². The van der Waals surface area contributed by atoms with Gasteiger partial charge >= 0.3 is 0 Å². The van der Waals surface area contributed by atoms with Crippen molar-refractivity contribution in [3.05, 3.63) is 70.8 Å². The van der Waals surface area contributed by atoms with Crippen molar-refractivity contribution >= 4 is 0 Å². The fourth-order valence-corrected chi connectivity index (χ4v) is 5.49. The minimum atomic E-state index is 0.660. The third kappa shape index (κ3) is 2.50. The minimum absolute atomic E-state index is 0.660. The van der Waals surface area contributed by atoms with Gasteiger partial charge in [-0.25, -0.2) is 0 Å². The molecule has 0 saturated carbocycles. The maximum atomic E-state index is 2.90. The summed E-state index contributed by atoms with van der Waals surface area (Å²) in [5, 5.41) is 0. The molecule has 1 heteroatoms. The van der Waals surface area contributed by atoms with Gasteiger partial charge in [0, 0.05) is 18.6 Å². The van der Waals surface area contributed by atoms with Crippen molar-refractivity contribution in [1.29, 1.82) is 0 Å². The molecule has 1 fully saturated rings. The van der Waals surface area contributed by atoms with Crippen LogP contribution in [0.2, 0.25) is 0 Å². The number of piperidine rings is 1. The molecule has 1 nitrogen and oxygen atoms in total.